The van der Waals surface area contributed by atoms with Crippen molar-refractivity contribution in [2.75, 3.05) is 19.6 Å². The Labute approximate surface area is 183 Å². The van der Waals surface area contributed by atoms with Gasteiger partial charge >= 0.3 is 0 Å². The minimum atomic E-state index is -0.566. The monoisotopic (exact) mass is 422 g/mol. The van der Waals surface area contributed by atoms with Gasteiger partial charge in [0, 0.05) is 30.4 Å². The minimum Gasteiger partial charge on any atom is -0.356 e. The van der Waals surface area contributed by atoms with Gasteiger partial charge in [0.25, 0.3) is 0 Å². The maximum Gasteiger partial charge on any atom is 0.228 e. The predicted molar refractivity (Wildman–Crippen MR) is 122 cm³/mol. The zero-order valence-corrected chi connectivity index (χ0v) is 18.4. The van der Waals surface area contributed by atoms with Crippen LogP contribution in [0, 0.1) is 11.3 Å². The number of nitrogens with zero attached hydrogens (tertiary/aromatic N) is 1. The Morgan fingerprint density at radius 1 is 1.20 bits per heavy atom. The van der Waals surface area contributed by atoms with Gasteiger partial charge in [0.05, 0.1) is 5.41 Å². The van der Waals surface area contributed by atoms with Crippen LogP contribution in [0.5, 0.6) is 0 Å². The number of rotatable bonds is 6. The second kappa shape index (κ2) is 9.17. The fraction of sp³-hybridized carbons (Fsp3) is 0.440. The molecule has 2 amide bonds. The van der Waals surface area contributed by atoms with Gasteiger partial charge in [-0.2, -0.15) is 0 Å². The summed E-state index contributed by atoms with van der Waals surface area (Å²) < 4.78 is 0. The van der Waals surface area contributed by atoms with Crippen LogP contribution < -0.4 is 5.32 Å². The van der Waals surface area contributed by atoms with Crippen LogP contribution in [0.4, 0.5) is 0 Å². The average Bonchev–Trinajstić information content (AvgIpc) is 3.46. The number of nitrogens with one attached hydrogen (secondary N) is 1. The van der Waals surface area contributed by atoms with Crippen molar-refractivity contribution in [2.45, 2.75) is 39.0 Å². The second-order valence-electron chi connectivity index (χ2n) is 8.44. The van der Waals surface area contributed by atoms with E-state index in [1.165, 1.54) is 16.0 Å². The van der Waals surface area contributed by atoms with E-state index in [0.717, 1.165) is 19.3 Å². The van der Waals surface area contributed by atoms with Crippen LogP contribution in [0.1, 0.15) is 38.2 Å². The van der Waals surface area contributed by atoms with E-state index in [-0.39, 0.29) is 17.7 Å². The molecule has 2 unspecified atom stereocenters. The minimum absolute atomic E-state index is 0.0680. The Balaban J connectivity index is 1.60. The molecule has 2 aliphatic rings. The highest BCUT2D eigenvalue weighted by Crippen LogP contribution is 2.39. The maximum absolute atomic E-state index is 13.3. The lowest BCUT2D eigenvalue weighted by atomic mass is 9.78. The van der Waals surface area contributed by atoms with E-state index in [9.17, 15) is 9.59 Å². The standard InChI is InChI=1S/C25H30N2O2S/c1-2-26-24(29)25(14-15-27(18-25)23(28)19-9-4-3-5-10-19)17-20-11-6-7-12-21(20)22-13-8-16-30-22/h3-4,6-8,11-13,16,19H,2,5,9-10,14-15,17-18H2,1H3,(H,26,29). The van der Waals surface area contributed by atoms with Gasteiger partial charge in [-0.1, -0.05) is 42.5 Å². The Morgan fingerprint density at radius 3 is 2.80 bits per heavy atom. The number of benzene rings is 1. The quantitative estimate of drug-likeness (QED) is 0.688. The fourth-order valence-electron chi connectivity index (χ4n) is 4.81. The average molecular weight is 423 g/mol. The number of amides is 2. The van der Waals surface area contributed by atoms with Crippen molar-refractivity contribution >= 4 is 23.2 Å². The molecule has 0 radical (unpaired) electrons. The van der Waals surface area contributed by atoms with Crippen molar-refractivity contribution in [3.63, 3.8) is 0 Å². The molecule has 1 saturated heterocycles. The van der Waals surface area contributed by atoms with Gasteiger partial charge < -0.3 is 10.2 Å². The topological polar surface area (TPSA) is 49.4 Å². The summed E-state index contributed by atoms with van der Waals surface area (Å²) in [7, 11) is 0. The zero-order chi connectivity index (χ0) is 21.0. The van der Waals surface area contributed by atoms with Gasteiger partial charge in [-0.3, -0.25) is 9.59 Å². The largest absolute Gasteiger partial charge is 0.356 e. The Morgan fingerprint density at radius 2 is 2.07 bits per heavy atom. The Kier molecular flexibility index (Phi) is 6.38. The first kappa shape index (κ1) is 20.9. The van der Waals surface area contributed by atoms with E-state index in [4.69, 9.17) is 0 Å². The molecule has 1 fully saturated rings. The molecule has 30 heavy (non-hydrogen) atoms. The third-order valence-electron chi connectivity index (χ3n) is 6.44. The summed E-state index contributed by atoms with van der Waals surface area (Å²) in [6.07, 6.45) is 8.36. The fourth-order valence-corrected chi connectivity index (χ4v) is 5.59. The summed E-state index contributed by atoms with van der Waals surface area (Å²) >= 11 is 1.72. The van der Waals surface area contributed by atoms with Crippen LogP contribution >= 0.6 is 11.3 Å². The van der Waals surface area contributed by atoms with E-state index in [0.29, 0.717) is 32.5 Å². The molecule has 0 saturated carbocycles. The molecule has 1 aliphatic carbocycles. The first-order chi connectivity index (χ1) is 14.6. The molecule has 158 valence electrons. The molecule has 1 aromatic carbocycles. The molecule has 4 nitrogen and oxygen atoms in total. The number of hydrogen-bond donors (Lipinski definition) is 1. The summed E-state index contributed by atoms with van der Waals surface area (Å²) in [5, 5.41) is 5.14. The van der Waals surface area contributed by atoms with E-state index in [1.807, 2.05) is 17.9 Å². The van der Waals surface area contributed by atoms with Crippen LogP contribution in [0.25, 0.3) is 10.4 Å². The number of thiophene rings is 1. The SMILES string of the molecule is CCNC(=O)C1(Cc2ccccc2-c2cccs2)CCN(C(=O)C2CC=CCC2)C1. The van der Waals surface area contributed by atoms with Gasteiger partial charge in [-0.25, -0.2) is 0 Å². The van der Waals surface area contributed by atoms with Crippen LogP contribution in [0.15, 0.2) is 53.9 Å². The highest BCUT2D eigenvalue weighted by atomic mass is 32.1. The molecule has 2 aromatic rings. The van der Waals surface area contributed by atoms with E-state index in [2.05, 4.69) is 53.2 Å². The summed E-state index contributed by atoms with van der Waals surface area (Å²) in [5.74, 6) is 0.361. The second-order valence-corrected chi connectivity index (χ2v) is 9.39. The van der Waals surface area contributed by atoms with E-state index < -0.39 is 5.41 Å². The molecular formula is C25H30N2O2S. The van der Waals surface area contributed by atoms with Crippen molar-refractivity contribution in [1.82, 2.24) is 10.2 Å². The molecule has 0 spiro atoms. The van der Waals surface area contributed by atoms with E-state index >= 15 is 0 Å². The van der Waals surface area contributed by atoms with E-state index in [1.54, 1.807) is 11.3 Å². The molecule has 0 bridgehead atoms. The predicted octanol–water partition coefficient (Wildman–Crippen LogP) is 4.67. The molecule has 5 heteroatoms. The summed E-state index contributed by atoms with van der Waals surface area (Å²) in [6, 6.07) is 12.6. The van der Waals surface area contributed by atoms with Crippen molar-refractivity contribution in [2.24, 2.45) is 11.3 Å². The Bertz CT molecular complexity index is 921. The highest BCUT2D eigenvalue weighted by molar-refractivity contribution is 7.13. The van der Waals surface area contributed by atoms with Crippen molar-refractivity contribution in [3.05, 3.63) is 59.5 Å². The smallest absolute Gasteiger partial charge is 0.228 e. The first-order valence-electron chi connectivity index (χ1n) is 11.0. The summed E-state index contributed by atoms with van der Waals surface area (Å²) in [4.78, 5) is 29.6. The Hall–Kier alpha value is -2.40. The maximum atomic E-state index is 13.3. The van der Waals surface area contributed by atoms with Crippen LogP contribution in [-0.4, -0.2) is 36.3 Å². The van der Waals surface area contributed by atoms with Gasteiger partial charge in [0.15, 0.2) is 0 Å². The summed E-state index contributed by atoms with van der Waals surface area (Å²) in [5.41, 5.74) is 1.81. The highest BCUT2D eigenvalue weighted by Gasteiger charge is 2.46. The molecule has 4 rings (SSSR count). The molecule has 2 heterocycles. The lowest BCUT2D eigenvalue weighted by Gasteiger charge is -2.30. The molecular weight excluding hydrogens is 392 g/mol. The molecule has 1 aromatic heterocycles. The van der Waals surface area contributed by atoms with Crippen molar-refractivity contribution < 1.29 is 9.59 Å². The van der Waals surface area contributed by atoms with Crippen molar-refractivity contribution in [3.8, 4) is 10.4 Å². The van der Waals surface area contributed by atoms with Crippen LogP contribution in [0.2, 0.25) is 0 Å². The lowest BCUT2D eigenvalue weighted by molar-refractivity contribution is -0.136. The number of allylic oxidation sites excluding steroid dienone is 2. The van der Waals surface area contributed by atoms with Crippen LogP contribution in [0.3, 0.4) is 0 Å². The number of likely N-dealkylation sites (tertiary alicyclic amines) is 1. The summed E-state index contributed by atoms with van der Waals surface area (Å²) in [6.45, 7) is 3.74. The van der Waals surface area contributed by atoms with Gasteiger partial charge in [0.2, 0.25) is 11.8 Å². The zero-order valence-electron chi connectivity index (χ0n) is 17.6. The van der Waals surface area contributed by atoms with Crippen LogP contribution in [-0.2, 0) is 16.0 Å². The molecule has 1 aliphatic heterocycles. The number of carbonyl (C=O) groups excluding carboxylic acids is 2. The van der Waals surface area contributed by atoms with Gasteiger partial charge in [-0.15, -0.1) is 11.3 Å². The number of carbonyl (C=O) groups is 2. The normalized spacial score (nSPS) is 23.5. The van der Waals surface area contributed by atoms with Crippen molar-refractivity contribution in [1.29, 1.82) is 0 Å². The van der Waals surface area contributed by atoms with Gasteiger partial charge in [-0.05, 0) is 61.6 Å². The molecule has 1 N–H and O–H groups in total. The van der Waals surface area contributed by atoms with Gasteiger partial charge in [0.1, 0.15) is 0 Å². The third kappa shape index (κ3) is 4.22. The number of hydrogen-bond acceptors (Lipinski definition) is 3. The first-order valence-corrected chi connectivity index (χ1v) is 11.8. The molecule has 2 atom stereocenters. The lowest BCUT2D eigenvalue weighted by Crippen LogP contribution is -2.46. The third-order valence-corrected chi connectivity index (χ3v) is 7.34.